The number of hydrogen-bond donors (Lipinski definition) is 3. The molecule has 0 unspecified atom stereocenters. The molecule has 0 saturated heterocycles. The zero-order valence-electron chi connectivity index (χ0n) is 9.19. The lowest BCUT2D eigenvalue weighted by Gasteiger charge is -2.08. The van der Waals surface area contributed by atoms with Gasteiger partial charge in [0.1, 0.15) is 0 Å². The van der Waals surface area contributed by atoms with Crippen LogP contribution in [0.2, 0.25) is 0 Å². The van der Waals surface area contributed by atoms with Crippen LogP contribution in [-0.4, -0.2) is 17.6 Å². The maximum Gasteiger partial charge on any atom is 0.170 e. The summed E-state index contributed by atoms with van der Waals surface area (Å²) in [6.07, 6.45) is 2.68. The van der Waals surface area contributed by atoms with E-state index in [1.807, 2.05) is 24.3 Å². The summed E-state index contributed by atoms with van der Waals surface area (Å²) in [6.45, 7) is 1.83. The molecule has 1 fully saturated rings. The summed E-state index contributed by atoms with van der Waals surface area (Å²) in [5.41, 5.74) is 7.48. The van der Waals surface area contributed by atoms with E-state index in [9.17, 15) is 0 Å². The molecule has 86 valence electrons. The summed E-state index contributed by atoms with van der Waals surface area (Å²) in [5, 5.41) is 15.1. The Balaban J connectivity index is 2.00. The van der Waals surface area contributed by atoms with E-state index in [4.69, 9.17) is 10.9 Å². The van der Waals surface area contributed by atoms with Crippen LogP contribution < -0.4 is 11.1 Å². The topological polar surface area (TPSA) is 70.6 Å². The van der Waals surface area contributed by atoms with Gasteiger partial charge in [-0.2, -0.15) is 0 Å². The molecule has 0 amide bonds. The van der Waals surface area contributed by atoms with Crippen LogP contribution in [0.3, 0.4) is 0 Å². The van der Waals surface area contributed by atoms with Crippen molar-refractivity contribution in [3.63, 3.8) is 0 Å². The highest BCUT2D eigenvalue weighted by Crippen LogP contribution is 2.27. The van der Waals surface area contributed by atoms with Gasteiger partial charge in [-0.25, -0.2) is 0 Å². The number of hydrogen-bond acceptors (Lipinski definition) is 3. The highest BCUT2D eigenvalue weighted by atomic mass is 16.4. The molecule has 4 nitrogen and oxygen atoms in total. The summed E-state index contributed by atoms with van der Waals surface area (Å²) in [5.74, 6) is 1.03. The largest absolute Gasteiger partial charge is 0.409 e. The summed E-state index contributed by atoms with van der Waals surface area (Å²) < 4.78 is 0. The van der Waals surface area contributed by atoms with Crippen molar-refractivity contribution in [2.45, 2.75) is 19.4 Å². The quantitative estimate of drug-likeness (QED) is 0.302. The van der Waals surface area contributed by atoms with Gasteiger partial charge in [-0.15, -0.1) is 0 Å². The summed E-state index contributed by atoms with van der Waals surface area (Å²) in [4.78, 5) is 0. The molecule has 0 heterocycles. The molecule has 4 heteroatoms. The highest BCUT2D eigenvalue weighted by molar-refractivity contribution is 5.98. The molecule has 0 spiro atoms. The van der Waals surface area contributed by atoms with Crippen molar-refractivity contribution >= 4 is 5.84 Å². The Kier molecular flexibility index (Phi) is 3.41. The molecule has 4 N–H and O–H groups in total. The van der Waals surface area contributed by atoms with Gasteiger partial charge in [0.25, 0.3) is 0 Å². The first-order valence-corrected chi connectivity index (χ1v) is 5.58. The van der Waals surface area contributed by atoms with Gasteiger partial charge in [0.05, 0.1) is 0 Å². The Morgan fingerprint density at radius 2 is 2.19 bits per heavy atom. The minimum Gasteiger partial charge on any atom is -0.409 e. The maximum absolute atomic E-state index is 8.68. The van der Waals surface area contributed by atoms with Gasteiger partial charge < -0.3 is 16.3 Å². The Labute approximate surface area is 95.1 Å². The van der Waals surface area contributed by atoms with E-state index in [2.05, 4.69) is 10.5 Å². The van der Waals surface area contributed by atoms with Gasteiger partial charge in [-0.3, -0.25) is 0 Å². The van der Waals surface area contributed by atoms with E-state index in [0.717, 1.165) is 30.1 Å². The van der Waals surface area contributed by atoms with E-state index in [-0.39, 0.29) is 5.84 Å². The lowest BCUT2D eigenvalue weighted by molar-refractivity contribution is 0.318. The van der Waals surface area contributed by atoms with Gasteiger partial charge in [-0.1, -0.05) is 29.4 Å². The molecule has 1 aromatic rings. The van der Waals surface area contributed by atoms with Crippen LogP contribution in [-0.2, 0) is 6.54 Å². The van der Waals surface area contributed by atoms with Crippen molar-refractivity contribution < 1.29 is 5.21 Å². The first-order chi connectivity index (χ1) is 7.81. The van der Waals surface area contributed by atoms with Crippen LogP contribution in [0.25, 0.3) is 0 Å². The number of nitrogens with one attached hydrogen (secondary N) is 1. The van der Waals surface area contributed by atoms with E-state index in [1.54, 1.807) is 0 Å². The van der Waals surface area contributed by atoms with Crippen molar-refractivity contribution in [3.8, 4) is 0 Å². The van der Waals surface area contributed by atoms with Gasteiger partial charge in [0.15, 0.2) is 5.84 Å². The van der Waals surface area contributed by atoms with Crippen molar-refractivity contribution in [1.29, 1.82) is 0 Å². The summed E-state index contributed by atoms with van der Waals surface area (Å²) >= 11 is 0. The van der Waals surface area contributed by atoms with Crippen molar-refractivity contribution in [1.82, 2.24) is 5.32 Å². The number of oxime groups is 1. The van der Waals surface area contributed by atoms with Crippen molar-refractivity contribution in [2.75, 3.05) is 6.54 Å². The van der Waals surface area contributed by atoms with Crippen molar-refractivity contribution in [2.24, 2.45) is 16.8 Å². The molecule has 0 aliphatic heterocycles. The summed E-state index contributed by atoms with van der Waals surface area (Å²) in [6, 6.07) is 7.70. The third kappa shape index (κ3) is 2.73. The molecule has 1 aliphatic rings. The predicted molar refractivity (Wildman–Crippen MR) is 63.4 cm³/mol. The summed E-state index contributed by atoms with van der Waals surface area (Å²) in [7, 11) is 0. The molecule has 0 aromatic heterocycles. The molecule has 1 aliphatic carbocycles. The zero-order chi connectivity index (χ0) is 11.4. The standard InChI is InChI=1S/C12H17N3O/c13-12(15-16)11-4-2-1-3-10(11)8-14-7-9-5-6-9/h1-4,9,14,16H,5-8H2,(H2,13,15). The second kappa shape index (κ2) is 4.99. The van der Waals surface area contributed by atoms with E-state index >= 15 is 0 Å². The second-order valence-corrected chi connectivity index (χ2v) is 4.22. The Morgan fingerprint density at radius 1 is 1.44 bits per heavy atom. The molecule has 0 bridgehead atoms. The van der Waals surface area contributed by atoms with E-state index in [1.165, 1.54) is 12.8 Å². The number of benzene rings is 1. The van der Waals surface area contributed by atoms with E-state index in [0.29, 0.717) is 0 Å². The molecule has 2 rings (SSSR count). The number of nitrogens with zero attached hydrogens (tertiary/aromatic N) is 1. The molecule has 0 radical (unpaired) electrons. The molecule has 0 atom stereocenters. The van der Waals surface area contributed by atoms with Gasteiger partial charge in [0, 0.05) is 12.1 Å². The average Bonchev–Trinajstić information content (AvgIpc) is 3.13. The second-order valence-electron chi connectivity index (χ2n) is 4.22. The van der Waals surface area contributed by atoms with Gasteiger partial charge in [0.2, 0.25) is 0 Å². The Morgan fingerprint density at radius 3 is 2.88 bits per heavy atom. The molecule has 1 aromatic carbocycles. The lowest BCUT2D eigenvalue weighted by Crippen LogP contribution is -2.21. The number of amidine groups is 1. The van der Waals surface area contributed by atoms with Crippen LogP contribution in [0.4, 0.5) is 0 Å². The minimum absolute atomic E-state index is 0.170. The fourth-order valence-corrected chi connectivity index (χ4v) is 1.71. The fourth-order valence-electron chi connectivity index (χ4n) is 1.71. The van der Waals surface area contributed by atoms with E-state index < -0.39 is 0 Å². The first kappa shape index (κ1) is 11.0. The highest BCUT2D eigenvalue weighted by Gasteiger charge is 2.20. The third-order valence-corrected chi connectivity index (χ3v) is 2.85. The number of rotatable bonds is 5. The fraction of sp³-hybridized carbons (Fsp3) is 0.417. The van der Waals surface area contributed by atoms with Gasteiger partial charge in [-0.05, 0) is 30.9 Å². The van der Waals surface area contributed by atoms with Crippen LogP contribution in [0.1, 0.15) is 24.0 Å². The van der Waals surface area contributed by atoms with Crippen LogP contribution in [0, 0.1) is 5.92 Å². The molecule has 16 heavy (non-hydrogen) atoms. The molecule has 1 saturated carbocycles. The lowest BCUT2D eigenvalue weighted by atomic mass is 10.1. The molecular weight excluding hydrogens is 202 g/mol. The Hall–Kier alpha value is -1.55. The monoisotopic (exact) mass is 219 g/mol. The van der Waals surface area contributed by atoms with Crippen LogP contribution in [0.15, 0.2) is 29.4 Å². The van der Waals surface area contributed by atoms with Gasteiger partial charge >= 0.3 is 0 Å². The third-order valence-electron chi connectivity index (χ3n) is 2.85. The zero-order valence-corrected chi connectivity index (χ0v) is 9.19. The average molecular weight is 219 g/mol. The predicted octanol–water partition coefficient (Wildman–Crippen LogP) is 1.28. The normalized spacial score (nSPS) is 16.4. The Bertz CT molecular complexity index is 386. The van der Waals surface area contributed by atoms with Crippen LogP contribution in [0.5, 0.6) is 0 Å². The maximum atomic E-state index is 8.68. The SMILES string of the molecule is NC(=NO)c1ccccc1CNCC1CC1. The van der Waals surface area contributed by atoms with Crippen LogP contribution >= 0.6 is 0 Å². The smallest absolute Gasteiger partial charge is 0.170 e. The number of nitrogens with two attached hydrogens (primary N) is 1. The van der Waals surface area contributed by atoms with Crippen molar-refractivity contribution in [3.05, 3.63) is 35.4 Å². The minimum atomic E-state index is 0.170. The molecular formula is C12H17N3O. The first-order valence-electron chi connectivity index (χ1n) is 5.58.